The Kier molecular flexibility index (Phi) is 6.00. The summed E-state index contributed by atoms with van der Waals surface area (Å²) in [6.07, 6.45) is 1.71. The number of aliphatic hydroxyl groups excluding tert-OH is 1. The van der Waals surface area contributed by atoms with Crippen LogP contribution in [0.3, 0.4) is 0 Å². The van der Waals surface area contributed by atoms with E-state index >= 15 is 0 Å². The van der Waals surface area contributed by atoms with Crippen molar-refractivity contribution >= 4 is 0 Å². The van der Waals surface area contributed by atoms with Crippen LogP contribution in [0.4, 0.5) is 0 Å². The minimum atomic E-state index is -0.106. The highest BCUT2D eigenvalue weighted by molar-refractivity contribution is 5.13. The zero-order chi connectivity index (χ0) is 10.9. The van der Waals surface area contributed by atoms with Crippen molar-refractivity contribution in [2.24, 2.45) is 5.73 Å². The monoisotopic (exact) mass is 209 g/mol. The van der Waals surface area contributed by atoms with Crippen molar-refractivity contribution < 1.29 is 9.84 Å². The van der Waals surface area contributed by atoms with Gasteiger partial charge in [-0.25, -0.2) is 0 Å². The molecule has 0 bridgehead atoms. The third-order valence-corrected chi connectivity index (χ3v) is 2.21. The van der Waals surface area contributed by atoms with Gasteiger partial charge in [-0.15, -0.1) is 0 Å². The molecule has 0 saturated carbocycles. The van der Waals surface area contributed by atoms with E-state index in [2.05, 4.69) is 0 Å². The van der Waals surface area contributed by atoms with Crippen molar-refractivity contribution in [2.75, 3.05) is 13.2 Å². The van der Waals surface area contributed by atoms with E-state index in [0.717, 1.165) is 12.8 Å². The van der Waals surface area contributed by atoms with Crippen LogP contribution in [-0.4, -0.2) is 24.4 Å². The number of ether oxygens (including phenoxy) is 1. The molecule has 1 rings (SSSR count). The van der Waals surface area contributed by atoms with Gasteiger partial charge >= 0.3 is 0 Å². The Balaban J connectivity index is 2.03. The van der Waals surface area contributed by atoms with Gasteiger partial charge in [0.2, 0.25) is 0 Å². The summed E-state index contributed by atoms with van der Waals surface area (Å²) < 4.78 is 5.48. The highest BCUT2D eigenvalue weighted by Crippen LogP contribution is 2.02. The molecule has 0 spiro atoms. The van der Waals surface area contributed by atoms with E-state index in [1.165, 1.54) is 5.56 Å². The molecule has 3 N–H and O–H groups in total. The van der Waals surface area contributed by atoms with Gasteiger partial charge in [0, 0.05) is 12.6 Å². The van der Waals surface area contributed by atoms with Crippen LogP contribution in [0.25, 0.3) is 0 Å². The molecule has 0 heterocycles. The van der Waals surface area contributed by atoms with Crippen molar-refractivity contribution in [2.45, 2.75) is 25.5 Å². The van der Waals surface area contributed by atoms with Crippen molar-refractivity contribution in [3.63, 3.8) is 0 Å². The Hall–Kier alpha value is -0.900. The number of benzene rings is 1. The van der Waals surface area contributed by atoms with Gasteiger partial charge in [0.25, 0.3) is 0 Å². The van der Waals surface area contributed by atoms with Crippen molar-refractivity contribution in [3.05, 3.63) is 35.9 Å². The Morgan fingerprint density at radius 1 is 1.27 bits per heavy atom. The maximum Gasteiger partial charge on any atom is 0.0716 e. The van der Waals surface area contributed by atoms with Gasteiger partial charge in [-0.1, -0.05) is 30.3 Å². The molecule has 3 heteroatoms. The third kappa shape index (κ3) is 5.52. The molecule has 1 aromatic rings. The first-order chi connectivity index (χ1) is 7.33. The first kappa shape index (κ1) is 12.2. The van der Waals surface area contributed by atoms with Crippen molar-refractivity contribution in [1.29, 1.82) is 0 Å². The van der Waals surface area contributed by atoms with Crippen LogP contribution in [-0.2, 0) is 11.3 Å². The Morgan fingerprint density at radius 3 is 2.67 bits per heavy atom. The quantitative estimate of drug-likeness (QED) is 0.666. The van der Waals surface area contributed by atoms with Gasteiger partial charge < -0.3 is 15.6 Å². The van der Waals surface area contributed by atoms with E-state index in [9.17, 15) is 0 Å². The second kappa shape index (κ2) is 7.40. The maximum atomic E-state index is 8.70. The zero-order valence-corrected chi connectivity index (χ0v) is 8.93. The molecule has 0 amide bonds. The second-order valence-electron chi connectivity index (χ2n) is 3.62. The fourth-order valence-electron chi connectivity index (χ4n) is 1.30. The molecule has 0 fully saturated rings. The average molecular weight is 209 g/mol. The Morgan fingerprint density at radius 2 is 2.00 bits per heavy atom. The number of nitrogens with two attached hydrogens (primary N) is 1. The molecular weight excluding hydrogens is 190 g/mol. The molecule has 15 heavy (non-hydrogen) atoms. The lowest BCUT2D eigenvalue weighted by Gasteiger charge is -2.08. The van der Waals surface area contributed by atoms with E-state index in [1.54, 1.807) is 0 Å². The minimum Gasteiger partial charge on any atom is -0.395 e. The molecule has 1 aromatic carbocycles. The molecular formula is C12H19NO2. The summed E-state index contributed by atoms with van der Waals surface area (Å²) in [5.74, 6) is 0. The molecule has 1 atom stereocenters. The first-order valence-electron chi connectivity index (χ1n) is 5.31. The predicted octanol–water partition coefficient (Wildman–Crippen LogP) is 1.30. The first-order valence-corrected chi connectivity index (χ1v) is 5.31. The van der Waals surface area contributed by atoms with Gasteiger partial charge in [-0.05, 0) is 18.4 Å². The van der Waals surface area contributed by atoms with Crippen LogP contribution in [0.15, 0.2) is 30.3 Å². The summed E-state index contributed by atoms with van der Waals surface area (Å²) in [4.78, 5) is 0. The fourth-order valence-corrected chi connectivity index (χ4v) is 1.30. The molecule has 1 unspecified atom stereocenters. The number of hydrogen-bond acceptors (Lipinski definition) is 3. The molecule has 3 nitrogen and oxygen atoms in total. The van der Waals surface area contributed by atoms with Gasteiger partial charge in [-0.3, -0.25) is 0 Å². The molecule has 0 aliphatic rings. The predicted molar refractivity (Wildman–Crippen MR) is 60.4 cm³/mol. The van der Waals surface area contributed by atoms with Gasteiger partial charge in [0.05, 0.1) is 13.2 Å². The van der Waals surface area contributed by atoms with Crippen LogP contribution in [0.5, 0.6) is 0 Å². The van der Waals surface area contributed by atoms with E-state index in [1.807, 2.05) is 30.3 Å². The Bertz CT molecular complexity index is 251. The summed E-state index contributed by atoms with van der Waals surface area (Å²) in [5, 5.41) is 8.70. The SMILES string of the molecule is NC(CO)CCCOCc1ccccc1. The summed E-state index contributed by atoms with van der Waals surface area (Å²) in [5.41, 5.74) is 6.74. The van der Waals surface area contributed by atoms with Crippen LogP contribution in [0, 0.1) is 0 Å². The third-order valence-electron chi connectivity index (χ3n) is 2.21. The van der Waals surface area contributed by atoms with Crippen LogP contribution in [0.1, 0.15) is 18.4 Å². The van der Waals surface area contributed by atoms with E-state index < -0.39 is 0 Å². The van der Waals surface area contributed by atoms with Crippen LogP contribution >= 0.6 is 0 Å². The lowest BCUT2D eigenvalue weighted by atomic mass is 10.2. The molecule has 0 radical (unpaired) electrons. The molecule has 84 valence electrons. The molecule has 0 saturated heterocycles. The number of rotatable bonds is 7. The van der Waals surface area contributed by atoms with E-state index in [4.69, 9.17) is 15.6 Å². The zero-order valence-electron chi connectivity index (χ0n) is 8.93. The molecule has 0 aromatic heterocycles. The van der Waals surface area contributed by atoms with E-state index in [-0.39, 0.29) is 12.6 Å². The number of hydrogen-bond donors (Lipinski definition) is 2. The van der Waals surface area contributed by atoms with Gasteiger partial charge in [-0.2, -0.15) is 0 Å². The largest absolute Gasteiger partial charge is 0.395 e. The fraction of sp³-hybridized carbons (Fsp3) is 0.500. The van der Waals surface area contributed by atoms with Crippen LogP contribution < -0.4 is 5.73 Å². The maximum absolute atomic E-state index is 8.70. The van der Waals surface area contributed by atoms with Crippen molar-refractivity contribution in [1.82, 2.24) is 0 Å². The topological polar surface area (TPSA) is 55.5 Å². The number of aliphatic hydroxyl groups is 1. The average Bonchev–Trinajstić information content (AvgIpc) is 2.29. The summed E-state index contributed by atoms with van der Waals surface area (Å²) in [6.45, 7) is 1.40. The second-order valence-corrected chi connectivity index (χ2v) is 3.62. The minimum absolute atomic E-state index is 0.0543. The van der Waals surface area contributed by atoms with Crippen molar-refractivity contribution in [3.8, 4) is 0 Å². The normalized spacial score (nSPS) is 12.7. The molecule has 0 aliphatic heterocycles. The lowest BCUT2D eigenvalue weighted by molar-refractivity contribution is 0.114. The van der Waals surface area contributed by atoms with Gasteiger partial charge in [0.15, 0.2) is 0 Å². The summed E-state index contributed by atoms with van der Waals surface area (Å²) in [6, 6.07) is 9.97. The van der Waals surface area contributed by atoms with Gasteiger partial charge in [0.1, 0.15) is 0 Å². The highest BCUT2D eigenvalue weighted by Gasteiger charge is 1.99. The summed E-state index contributed by atoms with van der Waals surface area (Å²) in [7, 11) is 0. The molecule has 0 aliphatic carbocycles. The van der Waals surface area contributed by atoms with Crippen LogP contribution in [0.2, 0.25) is 0 Å². The standard InChI is InChI=1S/C12H19NO2/c13-12(9-14)7-4-8-15-10-11-5-2-1-3-6-11/h1-3,5-6,12,14H,4,7-10,13H2. The lowest BCUT2D eigenvalue weighted by Crippen LogP contribution is -2.24. The van der Waals surface area contributed by atoms with E-state index in [0.29, 0.717) is 13.2 Å². The Labute approximate surface area is 90.9 Å². The highest BCUT2D eigenvalue weighted by atomic mass is 16.5. The smallest absolute Gasteiger partial charge is 0.0716 e. The summed E-state index contributed by atoms with van der Waals surface area (Å²) >= 11 is 0.